The summed E-state index contributed by atoms with van der Waals surface area (Å²) in [5, 5.41) is 1.21. The number of ether oxygens (including phenoxy) is 1. The average Bonchev–Trinajstić information content (AvgIpc) is 2.85. The molecule has 1 aliphatic rings. The average molecular weight is 286 g/mol. The van der Waals surface area contributed by atoms with Crippen LogP contribution in [0.25, 0.3) is 10.9 Å². The summed E-state index contributed by atoms with van der Waals surface area (Å²) in [6, 6.07) is 5.90. The van der Waals surface area contributed by atoms with Crippen molar-refractivity contribution in [3.05, 3.63) is 35.0 Å². The molecule has 0 saturated heterocycles. The summed E-state index contributed by atoms with van der Waals surface area (Å²) in [6.07, 6.45) is 5.68. The second-order valence-corrected chi connectivity index (χ2v) is 5.65. The molecule has 1 aromatic carbocycles. The first-order chi connectivity index (χ1) is 10.3. The molecular formula is C17H22N2O2. The molecule has 2 N–H and O–H groups in total. The van der Waals surface area contributed by atoms with Crippen molar-refractivity contribution in [2.24, 2.45) is 5.73 Å². The van der Waals surface area contributed by atoms with E-state index in [0.29, 0.717) is 12.1 Å². The van der Waals surface area contributed by atoms with E-state index in [4.69, 9.17) is 10.5 Å². The van der Waals surface area contributed by atoms with Crippen LogP contribution in [0.1, 0.15) is 40.9 Å². The molecule has 0 radical (unpaired) electrons. The van der Waals surface area contributed by atoms with Crippen molar-refractivity contribution < 1.29 is 9.53 Å². The summed E-state index contributed by atoms with van der Waals surface area (Å²) in [7, 11) is 1.43. The fraction of sp³-hybridized carbons (Fsp3) is 0.471. The van der Waals surface area contributed by atoms with Gasteiger partial charge in [-0.15, -0.1) is 0 Å². The molecule has 0 amide bonds. The number of carbonyl (C=O) groups excluding carboxylic acids is 1. The number of esters is 1. The highest BCUT2D eigenvalue weighted by Crippen LogP contribution is 2.33. The van der Waals surface area contributed by atoms with Gasteiger partial charge in [-0.2, -0.15) is 0 Å². The minimum Gasteiger partial charge on any atom is -0.465 e. The Morgan fingerprint density at radius 2 is 2.14 bits per heavy atom. The number of hydrogen-bond donors (Lipinski definition) is 1. The number of rotatable bonds is 4. The Balaban J connectivity index is 2.15. The Labute approximate surface area is 124 Å². The van der Waals surface area contributed by atoms with Crippen LogP contribution in [-0.2, 0) is 24.1 Å². The SMILES string of the molecule is COC(=O)c1ccc2c(c1)c1c(n2CCCN)CCCC1. The van der Waals surface area contributed by atoms with E-state index >= 15 is 0 Å². The highest BCUT2D eigenvalue weighted by Gasteiger charge is 2.20. The van der Waals surface area contributed by atoms with Crippen LogP contribution < -0.4 is 5.73 Å². The van der Waals surface area contributed by atoms with E-state index in [0.717, 1.165) is 25.8 Å². The zero-order valence-corrected chi connectivity index (χ0v) is 12.5. The van der Waals surface area contributed by atoms with Gasteiger partial charge < -0.3 is 15.0 Å². The van der Waals surface area contributed by atoms with Crippen molar-refractivity contribution in [2.75, 3.05) is 13.7 Å². The molecule has 1 aliphatic carbocycles. The molecule has 1 aromatic heterocycles. The van der Waals surface area contributed by atoms with E-state index in [1.807, 2.05) is 12.1 Å². The summed E-state index contributed by atoms with van der Waals surface area (Å²) >= 11 is 0. The molecule has 0 fully saturated rings. The number of nitrogens with zero attached hydrogens (tertiary/aromatic N) is 1. The number of fused-ring (bicyclic) bond motifs is 3. The highest BCUT2D eigenvalue weighted by atomic mass is 16.5. The van der Waals surface area contributed by atoms with Crippen LogP contribution in [0.4, 0.5) is 0 Å². The third kappa shape index (κ3) is 2.44. The van der Waals surface area contributed by atoms with E-state index in [2.05, 4.69) is 10.6 Å². The molecule has 0 unspecified atom stereocenters. The molecule has 2 aromatic rings. The topological polar surface area (TPSA) is 57.2 Å². The van der Waals surface area contributed by atoms with E-state index in [1.54, 1.807) is 0 Å². The van der Waals surface area contributed by atoms with Crippen molar-refractivity contribution in [2.45, 2.75) is 38.6 Å². The Hall–Kier alpha value is -1.81. The van der Waals surface area contributed by atoms with Crippen LogP contribution >= 0.6 is 0 Å². The molecule has 0 aliphatic heterocycles. The van der Waals surface area contributed by atoms with Gasteiger partial charge in [-0.05, 0) is 62.4 Å². The van der Waals surface area contributed by atoms with Crippen molar-refractivity contribution in [3.63, 3.8) is 0 Å². The monoisotopic (exact) mass is 286 g/mol. The van der Waals surface area contributed by atoms with Gasteiger partial charge in [0.2, 0.25) is 0 Å². The molecule has 0 saturated carbocycles. The number of benzene rings is 1. The number of hydrogen-bond acceptors (Lipinski definition) is 3. The Morgan fingerprint density at radius 1 is 1.33 bits per heavy atom. The van der Waals surface area contributed by atoms with Crippen LogP contribution in [-0.4, -0.2) is 24.2 Å². The number of aromatic nitrogens is 1. The number of carbonyl (C=O) groups is 1. The van der Waals surface area contributed by atoms with Crippen molar-refractivity contribution >= 4 is 16.9 Å². The van der Waals surface area contributed by atoms with E-state index in [-0.39, 0.29) is 5.97 Å². The first-order valence-corrected chi connectivity index (χ1v) is 7.68. The molecule has 21 heavy (non-hydrogen) atoms. The van der Waals surface area contributed by atoms with Gasteiger partial charge in [-0.1, -0.05) is 0 Å². The third-order valence-electron chi connectivity index (χ3n) is 4.38. The molecule has 0 spiro atoms. The predicted molar refractivity (Wildman–Crippen MR) is 83.6 cm³/mol. The van der Waals surface area contributed by atoms with Gasteiger partial charge in [0.05, 0.1) is 12.7 Å². The summed E-state index contributed by atoms with van der Waals surface area (Å²) in [6.45, 7) is 1.66. The zero-order valence-electron chi connectivity index (χ0n) is 12.5. The molecule has 1 heterocycles. The standard InChI is InChI=1S/C17H22N2O2/c1-21-17(20)12-7-8-16-14(11-12)13-5-2-3-6-15(13)19(16)10-4-9-18/h7-8,11H,2-6,9-10,18H2,1H3. The van der Waals surface area contributed by atoms with Crippen molar-refractivity contribution in [3.8, 4) is 0 Å². The van der Waals surface area contributed by atoms with E-state index < -0.39 is 0 Å². The maximum Gasteiger partial charge on any atom is 0.337 e. The molecular weight excluding hydrogens is 264 g/mol. The third-order valence-corrected chi connectivity index (χ3v) is 4.38. The fourth-order valence-electron chi connectivity index (χ4n) is 3.39. The molecule has 112 valence electrons. The summed E-state index contributed by atoms with van der Waals surface area (Å²) in [5.41, 5.74) is 10.4. The number of nitrogens with two attached hydrogens (primary N) is 1. The summed E-state index contributed by atoms with van der Waals surface area (Å²) in [5.74, 6) is -0.267. The normalized spacial score (nSPS) is 14.2. The van der Waals surface area contributed by atoms with Crippen LogP contribution in [0.3, 0.4) is 0 Å². The van der Waals surface area contributed by atoms with E-state index in [1.165, 1.54) is 42.1 Å². The van der Waals surface area contributed by atoms with Gasteiger partial charge in [0.25, 0.3) is 0 Å². The van der Waals surface area contributed by atoms with Gasteiger partial charge >= 0.3 is 5.97 Å². The first kappa shape index (κ1) is 14.1. The predicted octanol–water partition coefficient (Wildman–Crippen LogP) is 2.66. The highest BCUT2D eigenvalue weighted by molar-refractivity contribution is 5.96. The zero-order chi connectivity index (χ0) is 14.8. The molecule has 3 rings (SSSR count). The summed E-state index contributed by atoms with van der Waals surface area (Å²) < 4.78 is 7.24. The maximum atomic E-state index is 11.8. The van der Waals surface area contributed by atoms with Gasteiger partial charge in [-0.25, -0.2) is 4.79 Å². The second kappa shape index (κ2) is 5.90. The largest absolute Gasteiger partial charge is 0.465 e. The molecule has 0 atom stereocenters. The van der Waals surface area contributed by atoms with Crippen LogP contribution in [0.5, 0.6) is 0 Å². The lowest BCUT2D eigenvalue weighted by Crippen LogP contribution is -2.11. The Bertz CT molecular complexity index is 673. The van der Waals surface area contributed by atoms with Gasteiger partial charge in [0.1, 0.15) is 0 Å². The fourth-order valence-corrected chi connectivity index (χ4v) is 3.39. The molecule has 0 bridgehead atoms. The lowest BCUT2D eigenvalue weighted by Gasteiger charge is -2.15. The number of methoxy groups -OCH3 is 1. The van der Waals surface area contributed by atoms with Crippen LogP contribution in [0.2, 0.25) is 0 Å². The van der Waals surface area contributed by atoms with Crippen molar-refractivity contribution in [1.82, 2.24) is 4.57 Å². The van der Waals surface area contributed by atoms with Crippen LogP contribution in [0.15, 0.2) is 18.2 Å². The second-order valence-electron chi connectivity index (χ2n) is 5.65. The Morgan fingerprint density at radius 3 is 2.90 bits per heavy atom. The van der Waals surface area contributed by atoms with Gasteiger partial charge in [0, 0.05) is 23.1 Å². The minimum absolute atomic E-state index is 0.267. The molecule has 4 heteroatoms. The lowest BCUT2D eigenvalue weighted by molar-refractivity contribution is 0.0601. The van der Waals surface area contributed by atoms with Gasteiger partial charge in [0.15, 0.2) is 0 Å². The maximum absolute atomic E-state index is 11.8. The smallest absolute Gasteiger partial charge is 0.337 e. The Kier molecular flexibility index (Phi) is 3.97. The van der Waals surface area contributed by atoms with Crippen LogP contribution in [0, 0.1) is 0 Å². The van der Waals surface area contributed by atoms with Gasteiger partial charge in [-0.3, -0.25) is 0 Å². The van der Waals surface area contributed by atoms with Crippen molar-refractivity contribution in [1.29, 1.82) is 0 Å². The quantitative estimate of drug-likeness (QED) is 0.879. The lowest BCUT2D eigenvalue weighted by atomic mass is 9.95. The molecule has 4 nitrogen and oxygen atoms in total. The first-order valence-electron chi connectivity index (χ1n) is 7.68. The summed E-state index contributed by atoms with van der Waals surface area (Å²) in [4.78, 5) is 11.8. The minimum atomic E-state index is -0.267. The van der Waals surface area contributed by atoms with E-state index in [9.17, 15) is 4.79 Å². The number of aryl methyl sites for hydroxylation is 2.